The minimum absolute atomic E-state index is 0.0388. The van der Waals surface area contributed by atoms with Gasteiger partial charge >= 0.3 is 0 Å². The molecule has 0 aliphatic rings. The minimum atomic E-state index is -0.501. The fourth-order valence-electron chi connectivity index (χ4n) is 2.11. The third-order valence-corrected chi connectivity index (χ3v) is 3.16. The monoisotopic (exact) mass is 265 g/mol. The van der Waals surface area contributed by atoms with Gasteiger partial charge in [-0.05, 0) is 6.07 Å². The van der Waals surface area contributed by atoms with Gasteiger partial charge in [0.25, 0.3) is 0 Å². The highest BCUT2D eigenvalue weighted by Crippen LogP contribution is 2.29. The van der Waals surface area contributed by atoms with Gasteiger partial charge in [-0.3, -0.25) is 4.79 Å². The van der Waals surface area contributed by atoms with Crippen molar-refractivity contribution in [3.63, 3.8) is 0 Å². The number of ketones is 1. The molecule has 0 radical (unpaired) electrons. The van der Waals surface area contributed by atoms with Gasteiger partial charge in [0.15, 0.2) is 5.78 Å². The average Bonchev–Trinajstić information content (AvgIpc) is 2.53. The first-order chi connectivity index (χ1) is 9.76. The zero-order valence-electron chi connectivity index (χ0n) is 11.2. The van der Waals surface area contributed by atoms with Crippen LogP contribution in [0, 0.1) is 11.3 Å². The number of hydrogen-bond donors (Lipinski definition) is 0. The van der Waals surface area contributed by atoms with E-state index < -0.39 is 5.92 Å². The molecule has 0 saturated carbocycles. The van der Waals surface area contributed by atoms with E-state index in [2.05, 4.69) is 6.07 Å². The van der Waals surface area contributed by atoms with Crippen LogP contribution < -0.4 is 4.74 Å². The molecular weight excluding hydrogens is 250 g/mol. The number of carbonyl (C=O) groups is 1. The number of rotatable bonds is 5. The fraction of sp³-hybridized carbons (Fsp3) is 0.176. The zero-order chi connectivity index (χ0) is 14.4. The number of ether oxygens (including phenoxy) is 1. The van der Waals surface area contributed by atoms with E-state index in [1.165, 1.54) is 0 Å². The highest BCUT2D eigenvalue weighted by atomic mass is 16.5. The smallest absolute Gasteiger partial charge is 0.164 e. The zero-order valence-corrected chi connectivity index (χ0v) is 11.2. The summed E-state index contributed by atoms with van der Waals surface area (Å²) in [5, 5.41) is 9.34. The normalized spacial score (nSPS) is 11.4. The Morgan fingerprint density at radius 3 is 2.45 bits per heavy atom. The van der Waals surface area contributed by atoms with Crippen molar-refractivity contribution >= 4 is 5.78 Å². The van der Waals surface area contributed by atoms with Crippen LogP contribution in [-0.2, 0) is 0 Å². The summed E-state index contributed by atoms with van der Waals surface area (Å²) in [6.07, 6.45) is 0.154. The Hall–Kier alpha value is -2.60. The Balaban J connectivity index is 2.22. The van der Waals surface area contributed by atoms with E-state index in [4.69, 9.17) is 4.74 Å². The second-order valence-corrected chi connectivity index (χ2v) is 4.42. The van der Waals surface area contributed by atoms with Crippen LogP contribution in [0.25, 0.3) is 0 Å². The second kappa shape index (κ2) is 6.53. The van der Waals surface area contributed by atoms with Crippen molar-refractivity contribution in [2.75, 3.05) is 7.11 Å². The summed E-state index contributed by atoms with van der Waals surface area (Å²) in [6, 6.07) is 18.5. The molecule has 3 nitrogen and oxygen atoms in total. The first-order valence-electron chi connectivity index (χ1n) is 6.37. The average molecular weight is 265 g/mol. The molecule has 0 aliphatic heterocycles. The molecule has 2 aromatic rings. The number of nitriles is 1. The molecule has 100 valence electrons. The molecule has 3 heteroatoms. The van der Waals surface area contributed by atoms with Gasteiger partial charge in [0.05, 0.1) is 19.1 Å². The van der Waals surface area contributed by atoms with Gasteiger partial charge < -0.3 is 4.74 Å². The van der Waals surface area contributed by atoms with E-state index in [0.29, 0.717) is 11.3 Å². The van der Waals surface area contributed by atoms with Crippen LogP contribution in [0.4, 0.5) is 0 Å². The van der Waals surface area contributed by atoms with Crippen molar-refractivity contribution in [2.24, 2.45) is 0 Å². The van der Waals surface area contributed by atoms with E-state index in [-0.39, 0.29) is 12.2 Å². The maximum absolute atomic E-state index is 12.2. The lowest BCUT2D eigenvalue weighted by atomic mass is 9.92. The van der Waals surface area contributed by atoms with Gasteiger partial charge in [0.1, 0.15) is 5.75 Å². The van der Waals surface area contributed by atoms with Gasteiger partial charge in [-0.1, -0.05) is 48.5 Å². The molecule has 0 amide bonds. The Morgan fingerprint density at radius 2 is 1.80 bits per heavy atom. The summed E-state index contributed by atoms with van der Waals surface area (Å²) in [7, 11) is 1.56. The number of carbonyl (C=O) groups excluding carboxylic acids is 1. The molecular formula is C17H15NO2. The van der Waals surface area contributed by atoms with E-state index >= 15 is 0 Å². The maximum Gasteiger partial charge on any atom is 0.164 e. The number of benzene rings is 2. The van der Waals surface area contributed by atoms with Crippen LogP contribution in [0.5, 0.6) is 5.75 Å². The quantitative estimate of drug-likeness (QED) is 0.776. The SMILES string of the molecule is COc1ccccc1C(C#N)CC(=O)c1ccccc1. The molecule has 0 aliphatic carbocycles. The topological polar surface area (TPSA) is 50.1 Å². The number of nitrogens with zero attached hydrogens (tertiary/aromatic N) is 1. The Bertz CT molecular complexity index is 629. The first kappa shape index (κ1) is 13.8. The lowest BCUT2D eigenvalue weighted by Crippen LogP contribution is -2.07. The van der Waals surface area contributed by atoms with E-state index in [9.17, 15) is 10.1 Å². The molecule has 0 heterocycles. The lowest BCUT2D eigenvalue weighted by molar-refractivity contribution is 0.0979. The number of para-hydroxylation sites is 1. The first-order valence-corrected chi connectivity index (χ1v) is 6.37. The summed E-state index contributed by atoms with van der Waals surface area (Å²) in [5.74, 6) is 0.0989. The fourth-order valence-corrected chi connectivity index (χ4v) is 2.11. The summed E-state index contributed by atoms with van der Waals surface area (Å²) in [4.78, 5) is 12.2. The van der Waals surface area contributed by atoms with Crippen LogP contribution in [0.15, 0.2) is 54.6 Å². The largest absolute Gasteiger partial charge is 0.496 e. The molecule has 2 rings (SSSR count). The predicted octanol–water partition coefficient (Wildman–Crippen LogP) is 3.58. The maximum atomic E-state index is 12.2. The molecule has 1 atom stereocenters. The molecule has 0 fully saturated rings. The van der Waals surface area contributed by atoms with Gasteiger partial charge in [-0.15, -0.1) is 0 Å². The Morgan fingerprint density at radius 1 is 1.15 bits per heavy atom. The Kier molecular flexibility index (Phi) is 4.52. The number of Topliss-reactive ketones (excluding diaryl/α,β-unsaturated/α-hetero) is 1. The van der Waals surface area contributed by atoms with Gasteiger partial charge in [-0.25, -0.2) is 0 Å². The molecule has 0 N–H and O–H groups in total. The van der Waals surface area contributed by atoms with Crippen molar-refractivity contribution in [1.29, 1.82) is 5.26 Å². The van der Waals surface area contributed by atoms with Crippen molar-refractivity contribution in [1.82, 2.24) is 0 Å². The van der Waals surface area contributed by atoms with Gasteiger partial charge in [0, 0.05) is 17.5 Å². The lowest BCUT2D eigenvalue weighted by Gasteiger charge is -2.12. The summed E-state index contributed by atoms with van der Waals surface area (Å²) in [5.41, 5.74) is 1.38. The number of hydrogen-bond acceptors (Lipinski definition) is 3. The van der Waals surface area contributed by atoms with Crippen molar-refractivity contribution < 1.29 is 9.53 Å². The third kappa shape index (κ3) is 3.04. The van der Waals surface area contributed by atoms with E-state index in [0.717, 1.165) is 5.56 Å². The Labute approximate surface area is 118 Å². The molecule has 20 heavy (non-hydrogen) atoms. The van der Waals surface area contributed by atoms with E-state index in [1.54, 1.807) is 25.3 Å². The third-order valence-electron chi connectivity index (χ3n) is 3.16. The van der Waals surface area contributed by atoms with Gasteiger partial charge in [0.2, 0.25) is 0 Å². The predicted molar refractivity (Wildman–Crippen MR) is 76.7 cm³/mol. The van der Waals surface area contributed by atoms with Crippen LogP contribution >= 0.6 is 0 Å². The van der Waals surface area contributed by atoms with Gasteiger partial charge in [-0.2, -0.15) is 5.26 Å². The van der Waals surface area contributed by atoms with Crippen molar-refractivity contribution in [3.05, 3.63) is 65.7 Å². The standard InChI is InChI=1S/C17H15NO2/c1-20-17-10-6-5-9-15(17)14(12-18)11-16(19)13-7-3-2-4-8-13/h2-10,14H,11H2,1H3. The molecule has 1 unspecified atom stereocenters. The van der Waals surface area contributed by atoms with Crippen molar-refractivity contribution in [3.8, 4) is 11.8 Å². The van der Waals surface area contributed by atoms with Crippen LogP contribution in [0.2, 0.25) is 0 Å². The summed E-state index contributed by atoms with van der Waals surface area (Å²) >= 11 is 0. The van der Waals surface area contributed by atoms with Crippen LogP contribution in [0.1, 0.15) is 28.3 Å². The molecule has 2 aromatic carbocycles. The van der Waals surface area contributed by atoms with Crippen molar-refractivity contribution in [2.45, 2.75) is 12.3 Å². The summed E-state index contributed by atoms with van der Waals surface area (Å²) < 4.78 is 5.25. The highest BCUT2D eigenvalue weighted by molar-refractivity contribution is 5.96. The minimum Gasteiger partial charge on any atom is -0.496 e. The van der Waals surface area contributed by atoms with Crippen LogP contribution in [-0.4, -0.2) is 12.9 Å². The molecule has 0 saturated heterocycles. The van der Waals surface area contributed by atoms with Crippen LogP contribution in [0.3, 0.4) is 0 Å². The highest BCUT2D eigenvalue weighted by Gasteiger charge is 2.19. The van der Waals surface area contributed by atoms with E-state index in [1.807, 2.05) is 36.4 Å². The number of methoxy groups -OCH3 is 1. The molecule has 0 bridgehead atoms. The second-order valence-electron chi connectivity index (χ2n) is 4.42. The molecule has 0 spiro atoms. The molecule has 0 aromatic heterocycles. The summed E-state index contributed by atoms with van der Waals surface area (Å²) in [6.45, 7) is 0.